The summed E-state index contributed by atoms with van der Waals surface area (Å²) in [7, 11) is 0. The van der Waals surface area contributed by atoms with E-state index in [1.165, 1.54) is 25.0 Å². The summed E-state index contributed by atoms with van der Waals surface area (Å²) in [6.07, 6.45) is -0.0686. The fourth-order valence-electron chi connectivity index (χ4n) is 2.08. The maximum absolute atomic E-state index is 12.5. The molecule has 2 aromatic rings. The highest BCUT2D eigenvalue weighted by Gasteiger charge is 2.30. The fourth-order valence-corrected chi connectivity index (χ4v) is 2.08. The monoisotopic (exact) mass is 292 g/mol. The molecule has 1 fully saturated rings. The maximum atomic E-state index is 12.5. The molecule has 1 aliphatic carbocycles. The van der Waals surface area contributed by atoms with E-state index in [1.807, 2.05) is 12.1 Å². The first kappa shape index (κ1) is 14.1. The number of nitrogens with zero attached hydrogens (tertiary/aromatic N) is 1. The summed E-state index contributed by atoms with van der Waals surface area (Å²) in [6, 6.07) is 9.50. The van der Waals surface area contributed by atoms with Crippen molar-refractivity contribution < 1.29 is 13.2 Å². The third-order valence-corrected chi connectivity index (χ3v) is 3.50. The standard InChI is InChI=1S/C16H15F3N2/c17-16(18,19)13-4-2-12(3-5-13)15-8-1-11(10-21-15)9-20-14-6-7-14/h1-5,8,10,14,20H,6-7,9H2. The summed E-state index contributed by atoms with van der Waals surface area (Å²) in [6.45, 7) is 0.783. The van der Waals surface area contributed by atoms with Crippen LogP contribution in [0.2, 0.25) is 0 Å². The van der Waals surface area contributed by atoms with Crippen LogP contribution in [0.1, 0.15) is 24.0 Å². The minimum Gasteiger partial charge on any atom is -0.310 e. The molecule has 0 aliphatic heterocycles. The normalized spacial score (nSPS) is 15.2. The Morgan fingerprint density at radius 2 is 1.76 bits per heavy atom. The number of alkyl halides is 3. The van der Waals surface area contributed by atoms with Gasteiger partial charge in [0.2, 0.25) is 0 Å². The third kappa shape index (κ3) is 3.61. The molecule has 21 heavy (non-hydrogen) atoms. The predicted octanol–water partition coefficient (Wildman–Crippen LogP) is 4.02. The van der Waals surface area contributed by atoms with E-state index in [-0.39, 0.29) is 0 Å². The number of benzene rings is 1. The molecule has 1 heterocycles. The molecule has 0 saturated heterocycles. The van der Waals surface area contributed by atoms with Crippen molar-refractivity contribution in [1.29, 1.82) is 0 Å². The van der Waals surface area contributed by atoms with Crippen LogP contribution in [0.4, 0.5) is 13.2 Å². The Labute approximate surface area is 121 Å². The molecule has 1 N–H and O–H groups in total. The van der Waals surface area contributed by atoms with Gasteiger partial charge in [-0.2, -0.15) is 13.2 Å². The van der Waals surface area contributed by atoms with Gasteiger partial charge in [-0.1, -0.05) is 18.2 Å². The number of halogens is 3. The molecule has 0 spiro atoms. The lowest BCUT2D eigenvalue weighted by atomic mass is 10.1. The highest BCUT2D eigenvalue weighted by atomic mass is 19.4. The highest BCUT2D eigenvalue weighted by Crippen LogP contribution is 2.30. The van der Waals surface area contributed by atoms with E-state index in [1.54, 1.807) is 6.20 Å². The van der Waals surface area contributed by atoms with Crippen LogP contribution in [0, 0.1) is 0 Å². The topological polar surface area (TPSA) is 24.9 Å². The number of nitrogens with one attached hydrogen (secondary N) is 1. The molecule has 1 aliphatic rings. The summed E-state index contributed by atoms with van der Waals surface area (Å²) in [5, 5.41) is 3.39. The van der Waals surface area contributed by atoms with Gasteiger partial charge in [-0.15, -0.1) is 0 Å². The van der Waals surface area contributed by atoms with Gasteiger partial charge in [0.15, 0.2) is 0 Å². The predicted molar refractivity (Wildman–Crippen MR) is 74.5 cm³/mol. The second-order valence-corrected chi connectivity index (χ2v) is 5.28. The fraction of sp³-hybridized carbons (Fsp3) is 0.312. The molecule has 0 amide bonds. The van der Waals surface area contributed by atoms with Gasteiger partial charge < -0.3 is 5.32 Å². The van der Waals surface area contributed by atoms with E-state index in [0.29, 0.717) is 17.3 Å². The zero-order valence-corrected chi connectivity index (χ0v) is 11.3. The van der Waals surface area contributed by atoms with Gasteiger partial charge in [0.25, 0.3) is 0 Å². The molecular weight excluding hydrogens is 277 g/mol. The Hall–Kier alpha value is -1.88. The summed E-state index contributed by atoms with van der Waals surface area (Å²) >= 11 is 0. The SMILES string of the molecule is FC(F)(F)c1ccc(-c2ccc(CNC3CC3)cn2)cc1. The van der Waals surface area contributed by atoms with E-state index < -0.39 is 11.7 Å². The zero-order chi connectivity index (χ0) is 14.9. The van der Waals surface area contributed by atoms with Crippen molar-refractivity contribution in [3.8, 4) is 11.3 Å². The van der Waals surface area contributed by atoms with Crippen molar-refractivity contribution in [2.45, 2.75) is 31.6 Å². The number of hydrogen-bond donors (Lipinski definition) is 1. The summed E-state index contributed by atoms with van der Waals surface area (Å²) < 4.78 is 37.5. The van der Waals surface area contributed by atoms with E-state index >= 15 is 0 Å². The molecular formula is C16H15F3N2. The van der Waals surface area contributed by atoms with Gasteiger partial charge in [0.1, 0.15) is 0 Å². The number of aromatic nitrogens is 1. The van der Waals surface area contributed by atoms with Crippen molar-refractivity contribution >= 4 is 0 Å². The average Bonchev–Trinajstić information content (AvgIpc) is 3.29. The van der Waals surface area contributed by atoms with Gasteiger partial charge in [-0.05, 0) is 36.6 Å². The average molecular weight is 292 g/mol. The number of rotatable bonds is 4. The smallest absolute Gasteiger partial charge is 0.310 e. The minimum atomic E-state index is -4.30. The van der Waals surface area contributed by atoms with Gasteiger partial charge in [-0.3, -0.25) is 4.98 Å². The Morgan fingerprint density at radius 1 is 1.05 bits per heavy atom. The molecule has 1 aromatic carbocycles. The first-order chi connectivity index (χ1) is 10.0. The summed E-state index contributed by atoms with van der Waals surface area (Å²) in [4.78, 5) is 4.32. The van der Waals surface area contributed by atoms with Crippen molar-refractivity contribution in [3.63, 3.8) is 0 Å². The largest absolute Gasteiger partial charge is 0.416 e. The molecule has 110 valence electrons. The third-order valence-electron chi connectivity index (χ3n) is 3.50. The number of pyridine rings is 1. The van der Waals surface area contributed by atoms with Crippen molar-refractivity contribution in [2.75, 3.05) is 0 Å². The van der Waals surface area contributed by atoms with Crippen LogP contribution in [0.5, 0.6) is 0 Å². The number of hydrogen-bond acceptors (Lipinski definition) is 2. The Balaban J connectivity index is 1.70. The van der Waals surface area contributed by atoms with Crippen LogP contribution in [0.3, 0.4) is 0 Å². The second kappa shape index (κ2) is 5.48. The summed E-state index contributed by atoms with van der Waals surface area (Å²) in [5.74, 6) is 0. The van der Waals surface area contributed by atoms with Gasteiger partial charge in [0, 0.05) is 24.3 Å². The van der Waals surface area contributed by atoms with Crippen molar-refractivity contribution in [2.24, 2.45) is 0 Å². The van der Waals surface area contributed by atoms with Gasteiger partial charge in [0.05, 0.1) is 11.3 Å². The lowest BCUT2D eigenvalue weighted by molar-refractivity contribution is -0.137. The molecule has 1 aromatic heterocycles. The molecule has 2 nitrogen and oxygen atoms in total. The van der Waals surface area contributed by atoms with E-state index in [9.17, 15) is 13.2 Å². The molecule has 5 heteroatoms. The van der Waals surface area contributed by atoms with Crippen molar-refractivity contribution in [1.82, 2.24) is 10.3 Å². The van der Waals surface area contributed by atoms with Crippen LogP contribution in [0.25, 0.3) is 11.3 Å². The van der Waals surface area contributed by atoms with Crippen molar-refractivity contribution in [3.05, 3.63) is 53.7 Å². The molecule has 0 atom stereocenters. The maximum Gasteiger partial charge on any atom is 0.416 e. The molecule has 0 unspecified atom stereocenters. The Morgan fingerprint density at radius 3 is 2.29 bits per heavy atom. The van der Waals surface area contributed by atoms with Crippen LogP contribution < -0.4 is 5.32 Å². The van der Waals surface area contributed by atoms with E-state index in [4.69, 9.17) is 0 Å². The molecule has 3 rings (SSSR count). The summed E-state index contributed by atoms with van der Waals surface area (Å²) in [5.41, 5.74) is 1.80. The minimum absolute atomic E-state index is 0.639. The first-order valence-electron chi connectivity index (χ1n) is 6.88. The quantitative estimate of drug-likeness (QED) is 0.920. The zero-order valence-electron chi connectivity index (χ0n) is 11.3. The lowest BCUT2D eigenvalue weighted by Crippen LogP contribution is -2.15. The van der Waals surface area contributed by atoms with Crippen LogP contribution in [0.15, 0.2) is 42.6 Å². The van der Waals surface area contributed by atoms with E-state index in [2.05, 4.69) is 10.3 Å². The highest BCUT2D eigenvalue weighted by molar-refractivity contribution is 5.59. The Kier molecular flexibility index (Phi) is 3.68. The van der Waals surface area contributed by atoms with Crippen LogP contribution in [-0.2, 0) is 12.7 Å². The van der Waals surface area contributed by atoms with Gasteiger partial charge >= 0.3 is 6.18 Å². The van der Waals surface area contributed by atoms with E-state index in [0.717, 1.165) is 24.2 Å². The molecule has 0 radical (unpaired) electrons. The van der Waals surface area contributed by atoms with Crippen LogP contribution >= 0.6 is 0 Å². The molecule has 0 bridgehead atoms. The molecule has 1 saturated carbocycles. The first-order valence-corrected chi connectivity index (χ1v) is 6.88. The Bertz CT molecular complexity index is 599. The lowest BCUT2D eigenvalue weighted by Gasteiger charge is -2.08. The van der Waals surface area contributed by atoms with Crippen LogP contribution in [-0.4, -0.2) is 11.0 Å². The van der Waals surface area contributed by atoms with Gasteiger partial charge in [-0.25, -0.2) is 0 Å². The second-order valence-electron chi connectivity index (χ2n) is 5.28.